The molecule has 0 fully saturated rings. The molecule has 2 aromatic rings. The molecule has 0 saturated carbocycles. The van der Waals surface area contributed by atoms with Gasteiger partial charge < -0.3 is 10.2 Å². The number of nitrogens with one attached hydrogen (secondary N) is 1. The summed E-state index contributed by atoms with van der Waals surface area (Å²) in [6, 6.07) is 12.4. The third kappa shape index (κ3) is 2.24. The molecule has 4 heteroatoms. The van der Waals surface area contributed by atoms with E-state index in [-0.39, 0.29) is 5.91 Å². The highest BCUT2D eigenvalue weighted by atomic mass is 32.1. The van der Waals surface area contributed by atoms with Gasteiger partial charge in [0.15, 0.2) is 0 Å². The summed E-state index contributed by atoms with van der Waals surface area (Å²) in [5, 5.41) is 3.98. The lowest BCUT2D eigenvalue weighted by Gasteiger charge is -2.16. The predicted octanol–water partition coefficient (Wildman–Crippen LogP) is 3.19. The first-order valence-corrected chi connectivity index (χ1v) is 7.34. The second-order valence-electron chi connectivity index (χ2n) is 4.53. The fraction of sp³-hybridized carbons (Fsp3) is 0.267. The fourth-order valence-electron chi connectivity index (χ4n) is 2.41. The summed E-state index contributed by atoms with van der Waals surface area (Å²) in [4.78, 5) is 14.9. The summed E-state index contributed by atoms with van der Waals surface area (Å²) in [5.74, 6) is 0.0197. The van der Waals surface area contributed by atoms with E-state index in [4.69, 9.17) is 0 Å². The van der Waals surface area contributed by atoms with Crippen LogP contribution in [0.5, 0.6) is 0 Å². The van der Waals surface area contributed by atoms with Crippen molar-refractivity contribution < 1.29 is 4.79 Å². The van der Waals surface area contributed by atoms with Crippen LogP contribution in [-0.2, 0) is 6.42 Å². The number of carbonyl (C=O) groups excluding carboxylic acids is 1. The van der Waals surface area contributed by atoms with Gasteiger partial charge in [-0.1, -0.05) is 18.2 Å². The van der Waals surface area contributed by atoms with Gasteiger partial charge >= 0.3 is 0 Å². The standard InChI is InChI=1S/C15H16N2OS/c1-2-16-15(18)13-7-8-14(19-13)17-10-9-11-5-3-4-6-12(11)17/h3-8H,2,9-10H2,1H3,(H,16,18). The van der Waals surface area contributed by atoms with Crippen LogP contribution < -0.4 is 10.2 Å². The van der Waals surface area contributed by atoms with Crippen LogP contribution in [0.1, 0.15) is 22.2 Å². The molecule has 3 nitrogen and oxygen atoms in total. The molecule has 1 amide bonds. The third-order valence-corrected chi connectivity index (χ3v) is 4.41. The Kier molecular flexibility index (Phi) is 3.25. The molecule has 3 rings (SSSR count). The fourth-order valence-corrected chi connectivity index (χ4v) is 3.37. The lowest BCUT2D eigenvalue weighted by Crippen LogP contribution is -2.21. The Balaban J connectivity index is 1.87. The number of thiophene rings is 1. The topological polar surface area (TPSA) is 32.3 Å². The van der Waals surface area contributed by atoms with E-state index in [1.807, 2.05) is 19.1 Å². The number of nitrogens with zero attached hydrogens (tertiary/aromatic N) is 1. The van der Waals surface area contributed by atoms with Gasteiger partial charge in [-0.25, -0.2) is 0 Å². The number of fused-ring (bicyclic) bond motifs is 1. The van der Waals surface area contributed by atoms with Gasteiger partial charge in [0.1, 0.15) is 0 Å². The first kappa shape index (κ1) is 12.2. The highest BCUT2D eigenvalue weighted by molar-refractivity contribution is 7.18. The molecule has 0 saturated heterocycles. The smallest absolute Gasteiger partial charge is 0.261 e. The number of hydrogen-bond acceptors (Lipinski definition) is 3. The molecule has 0 unspecified atom stereocenters. The maximum absolute atomic E-state index is 11.8. The SMILES string of the molecule is CCNC(=O)c1ccc(N2CCc3ccccc32)s1. The Morgan fingerprint density at radius 1 is 1.32 bits per heavy atom. The maximum atomic E-state index is 11.8. The summed E-state index contributed by atoms with van der Waals surface area (Å²) in [6.07, 6.45) is 1.07. The van der Waals surface area contributed by atoms with E-state index in [0.29, 0.717) is 6.54 Å². The number of benzene rings is 1. The predicted molar refractivity (Wildman–Crippen MR) is 79.5 cm³/mol. The zero-order valence-electron chi connectivity index (χ0n) is 10.8. The minimum atomic E-state index is 0.0197. The second kappa shape index (κ2) is 5.05. The number of carbonyl (C=O) groups is 1. The van der Waals surface area contributed by atoms with Crippen LogP contribution in [0.2, 0.25) is 0 Å². The maximum Gasteiger partial charge on any atom is 0.261 e. The number of rotatable bonds is 3. The van der Waals surface area contributed by atoms with Gasteiger partial charge in [-0.15, -0.1) is 11.3 Å². The minimum absolute atomic E-state index is 0.0197. The van der Waals surface area contributed by atoms with Crippen LogP contribution in [0.4, 0.5) is 10.7 Å². The van der Waals surface area contributed by atoms with Crippen molar-refractivity contribution in [1.82, 2.24) is 5.32 Å². The van der Waals surface area contributed by atoms with Crippen molar-refractivity contribution in [1.29, 1.82) is 0 Å². The molecular formula is C15H16N2OS. The van der Waals surface area contributed by atoms with Crippen molar-refractivity contribution in [3.8, 4) is 0 Å². The molecule has 1 aromatic heterocycles. The third-order valence-electron chi connectivity index (χ3n) is 3.31. The van der Waals surface area contributed by atoms with E-state index in [0.717, 1.165) is 22.8 Å². The summed E-state index contributed by atoms with van der Waals surface area (Å²) < 4.78 is 0. The number of anilines is 2. The molecule has 0 atom stereocenters. The first-order chi connectivity index (χ1) is 9.29. The Morgan fingerprint density at radius 3 is 3.00 bits per heavy atom. The van der Waals surface area contributed by atoms with Gasteiger partial charge in [0, 0.05) is 18.8 Å². The molecule has 0 radical (unpaired) electrons. The zero-order chi connectivity index (χ0) is 13.2. The highest BCUT2D eigenvalue weighted by Gasteiger charge is 2.21. The molecule has 1 aliphatic rings. The van der Waals surface area contributed by atoms with E-state index in [9.17, 15) is 4.79 Å². The van der Waals surface area contributed by atoms with E-state index >= 15 is 0 Å². The monoisotopic (exact) mass is 272 g/mol. The summed E-state index contributed by atoms with van der Waals surface area (Å²) >= 11 is 1.56. The second-order valence-corrected chi connectivity index (χ2v) is 5.59. The van der Waals surface area contributed by atoms with Crippen molar-refractivity contribution in [2.24, 2.45) is 0 Å². The van der Waals surface area contributed by atoms with E-state index in [1.165, 1.54) is 11.3 Å². The molecule has 19 heavy (non-hydrogen) atoms. The number of para-hydroxylation sites is 1. The summed E-state index contributed by atoms with van der Waals surface area (Å²) in [5.41, 5.74) is 2.65. The molecule has 0 aliphatic carbocycles. The Morgan fingerprint density at radius 2 is 2.16 bits per heavy atom. The highest BCUT2D eigenvalue weighted by Crippen LogP contribution is 2.37. The minimum Gasteiger partial charge on any atom is -0.352 e. The van der Waals surface area contributed by atoms with Crippen LogP contribution in [0.3, 0.4) is 0 Å². The molecule has 0 spiro atoms. The Bertz CT molecular complexity index is 606. The van der Waals surface area contributed by atoms with Crippen molar-refractivity contribution in [3.05, 3.63) is 46.8 Å². The van der Waals surface area contributed by atoms with Gasteiger partial charge in [-0.3, -0.25) is 4.79 Å². The zero-order valence-corrected chi connectivity index (χ0v) is 11.7. The average molecular weight is 272 g/mol. The normalized spacial score (nSPS) is 13.4. The van der Waals surface area contributed by atoms with Gasteiger partial charge in [-0.05, 0) is 37.1 Å². The molecule has 0 bridgehead atoms. The molecule has 98 valence electrons. The van der Waals surface area contributed by atoms with Crippen molar-refractivity contribution in [3.63, 3.8) is 0 Å². The lowest BCUT2D eigenvalue weighted by molar-refractivity contribution is 0.0960. The Labute approximate surface area is 116 Å². The van der Waals surface area contributed by atoms with Crippen LogP contribution in [0.25, 0.3) is 0 Å². The molecule has 1 N–H and O–H groups in total. The largest absolute Gasteiger partial charge is 0.352 e. The van der Waals surface area contributed by atoms with Crippen molar-refractivity contribution in [2.45, 2.75) is 13.3 Å². The van der Waals surface area contributed by atoms with E-state index in [2.05, 4.69) is 34.5 Å². The lowest BCUT2D eigenvalue weighted by atomic mass is 10.2. The van der Waals surface area contributed by atoms with Crippen molar-refractivity contribution in [2.75, 3.05) is 18.0 Å². The van der Waals surface area contributed by atoms with Gasteiger partial charge in [-0.2, -0.15) is 0 Å². The van der Waals surface area contributed by atoms with Crippen LogP contribution in [0, 0.1) is 0 Å². The average Bonchev–Trinajstić information content (AvgIpc) is 3.05. The Hall–Kier alpha value is -1.81. The van der Waals surface area contributed by atoms with Crippen LogP contribution >= 0.6 is 11.3 Å². The van der Waals surface area contributed by atoms with Crippen LogP contribution in [0.15, 0.2) is 36.4 Å². The van der Waals surface area contributed by atoms with Gasteiger partial charge in [0.05, 0.1) is 9.88 Å². The van der Waals surface area contributed by atoms with Gasteiger partial charge in [0.25, 0.3) is 5.91 Å². The number of hydrogen-bond donors (Lipinski definition) is 1. The van der Waals surface area contributed by atoms with Gasteiger partial charge in [0.2, 0.25) is 0 Å². The number of amides is 1. The van der Waals surface area contributed by atoms with Crippen LogP contribution in [-0.4, -0.2) is 19.0 Å². The molecule has 2 heterocycles. The summed E-state index contributed by atoms with van der Waals surface area (Å²) in [6.45, 7) is 3.59. The quantitative estimate of drug-likeness (QED) is 0.930. The van der Waals surface area contributed by atoms with E-state index < -0.39 is 0 Å². The molecule has 1 aromatic carbocycles. The molecular weight excluding hydrogens is 256 g/mol. The van der Waals surface area contributed by atoms with Crippen molar-refractivity contribution >= 4 is 27.9 Å². The van der Waals surface area contributed by atoms with E-state index in [1.54, 1.807) is 11.3 Å². The molecule has 1 aliphatic heterocycles. The summed E-state index contributed by atoms with van der Waals surface area (Å²) in [7, 11) is 0. The first-order valence-electron chi connectivity index (χ1n) is 6.53.